The van der Waals surface area contributed by atoms with Crippen LogP contribution in [-0.4, -0.2) is 11.1 Å². The Morgan fingerprint density at radius 2 is 1.65 bits per heavy atom. The number of rotatable bonds is 4. The highest BCUT2D eigenvalue weighted by atomic mass is 19.1. The first-order valence-corrected chi connectivity index (χ1v) is 7.25. The highest BCUT2D eigenvalue weighted by Gasteiger charge is 2.19. The first kappa shape index (κ1) is 17.1. The lowest BCUT2D eigenvalue weighted by Gasteiger charge is -2.17. The molecule has 2 rings (SSSR count). The topological polar surface area (TPSA) is 63.3 Å². The number of hydrogen-bond donors (Lipinski definition) is 2. The fraction of sp³-hybridized carbons (Fsp3) is 0.278. The normalized spacial score (nSPS) is 12.3. The number of carboxylic acids is 1. The van der Waals surface area contributed by atoms with Gasteiger partial charge in [-0.3, -0.25) is 4.79 Å². The van der Waals surface area contributed by atoms with E-state index in [0.29, 0.717) is 11.1 Å². The van der Waals surface area contributed by atoms with Crippen molar-refractivity contribution in [2.75, 3.05) is 0 Å². The van der Waals surface area contributed by atoms with E-state index in [1.807, 2.05) is 0 Å². The van der Waals surface area contributed by atoms with Crippen LogP contribution in [0.2, 0.25) is 0 Å². The molecule has 0 aromatic heterocycles. The van der Waals surface area contributed by atoms with E-state index in [4.69, 9.17) is 10.8 Å². The lowest BCUT2D eigenvalue weighted by Crippen LogP contribution is -2.17. The van der Waals surface area contributed by atoms with Crippen LogP contribution in [0.4, 0.5) is 8.78 Å². The van der Waals surface area contributed by atoms with Crippen LogP contribution in [0, 0.1) is 32.4 Å². The number of benzene rings is 2. The van der Waals surface area contributed by atoms with Crippen LogP contribution in [0.25, 0.3) is 11.1 Å². The summed E-state index contributed by atoms with van der Waals surface area (Å²) < 4.78 is 27.8. The molecule has 0 radical (unpaired) electrons. The number of aryl methyl sites for hydroxylation is 3. The minimum Gasteiger partial charge on any atom is -0.481 e. The summed E-state index contributed by atoms with van der Waals surface area (Å²) >= 11 is 0. The molecule has 0 aliphatic carbocycles. The molecule has 2 aromatic carbocycles. The second-order valence-electron chi connectivity index (χ2n) is 5.82. The van der Waals surface area contributed by atoms with E-state index in [1.54, 1.807) is 32.9 Å². The third-order valence-electron chi connectivity index (χ3n) is 3.86. The summed E-state index contributed by atoms with van der Waals surface area (Å²) in [5, 5.41) is 8.87. The summed E-state index contributed by atoms with van der Waals surface area (Å²) in [7, 11) is 0. The Morgan fingerprint density at radius 3 is 2.17 bits per heavy atom. The Morgan fingerprint density at radius 1 is 1.09 bits per heavy atom. The molecule has 5 heteroatoms. The minimum atomic E-state index is -1.09. The Hall–Kier alpha value is -2.27. The molecular formula is C18H19F2NO2. The monoisotopic (exact) mass is 319 g/mol. The lowest BCUT2D eigenvalue weighted by atomic mass is 9.91. The van der Waals surface area contributed by atoms with Gasteiger partial charge >= 0.3 is 5.97 Å². The van der Waals surface area contributed by atoms with E-state index in [-0.39, 0.29) is 17.8 Å². The van der Waals surface area contributed by atoms with Gasteiger partial charge in [0.1, 0.15) is 11.6 Å². The van der Waals surface area contributed by atoms with Crippen LogP contribution in [0.15, 0.2) is 24.3 Å². The number of hydrogen-bond acceptors (Lipinski definition) is 2. The summed E-state index contributed by atoms with van der Waals surface area (Å²) in [6.07, 6.45) is -0.360. The summed E-state index contributed by atoms with van der Waals surface area (Å²) in [5.74, 6) is -1.92. The van der Waals surface area contributed by atoms with Gasteiger partial charge < -0.3 is 10.8 Å². The third-order valence-corrected chi connectivity index (χ3v) is 3.86. The van der Waals surface area contributed by atoms with Crippen LogP contribution in [0.3, 0.4) is 0 Å². The summed E-state index contributed by atoms with van der Waals surface area (Å²) in [6.45, 7) is 5.16. The van der Waals surface area contributed by atoms with Gasteiger partial charge in [-0.25, -0.2) is 8.78 Å². The first-order valence-electron chi connectivity index (χ1n) is 7.25. The van der Waals surface area contributed by atoms with E-state index in [9.17, 15) is 13.6 Å². The maximum atomic E-state index is 14.3. The van der Waals surface area contributed by atoms with Crippen LogP contribution in [-0.2, 0) is 4.79 Å². The SMILES string of the molecule is Cc1cc(-c2c(C)cc(F)cc2C)cc(C(N)CC(=O)O)c1F. The zero-order valence-corrected chi connectivity index (χ0v) is 13.3. The maximum absolute atomic E-state index is 14.3. The van der Waals surface area contributed by atoms with Crippen molar-refractivity contribution in [1.29, 1.82) is 0 Å². The van der Waals surface area contributed by atoms with E-state index >= 15 is 0 Å². The van der Waals surface area contributed by atoms with Crippen molar-refractivity contribution >= 4 is 5.97 Å². The van der Waals surface area contributed by atoms with Gasteiger partial charge in [-0.2, -0.15) is 0 Å². The molecule has 1 atom stereocenters. The van der Waals surface area contributed by atoms with Gasteiger partial charge in [0.05, 0.1) is 6.42 Å². The van der Waals surface area contributed by atoms with Crippen molar-refractivity contribution < 1.29 is 18.7 Å². The molecule has 0 bridgehead atoms. The van der Waals surface area contributed by atoms with E-state index in [0.717, 1.165) is 16.7 Å². The van der Waals surface area contributed by atoms with Crippen molar-refractivity contribution in [1.82, 2.24) is 0 Å². The smallest absolute Gasteiger partial charge is 0.305 e. The van der Waals surface area contributed by atoms with Crippen molar-refractivity contribution in [2.24, 2.45) is 5.73 Å². The minimum absolute atomic E-state index is 0.158. The largest absolute Gasteiger partial charge is 0.481 e. The molecule has 0 fully saturated rings. The predicted octanol–water partition coefficient (Wildman–Crippen LogP) is 4.03. The molecule has 0 amide bonds. The summed E-state index contributed by atoms with van der Waals surface area (Å²) in [5.41, 5.74) is 9.33. The van der Waals surface area contributed by atoms with Crippen molar-refractivity contribution in [2.45, 2.75) is 33.2 Å². The fourth-order valence-electron chi connectivity index (χ4n) is 2.88. The highest BCUT2D eigenvalue weighted by Crippen LogP contribution is 2.33. The van der Waals surface area contributed by atoms with Crippen LogP contribution in [0.1, 0.15) is 34.7 Å². The fourth-order valence-corrected chi connectivity index (χ4v) is 2.88. The maximum Gasteiger partial charge on any atom is 0.305 e. The van der Waals surface area contributed by atoms with E-state index < -0.39 is 17.8 Å². The first-order chi connectivity index (χ1) is 10.7. The number of aliphatic carboxylic acids is 1. The molecule has 122 valence electrons. The van der Waals surface area contributed by atoms with Crippen LogP contribution < -0.4 is 5.73 Å². The third kappa shape index (κ3) is 3.56. The van der Waals surface area contributed by atoms with Gasteiger partial charge in [0.25, 0.3) is 0 Å². The van der Waals surface area contributed by atoms with E-state index in [2.05, 4.69) is 0 Å². The Labute approximate surface area is 133 Å². The average molecular weight is 319 g/mol. The molecule has 0 heterocycles. The molecule has 2 aromatic rings. The van der Waals surface area contributed by atoms with Crippen LogP contribution >= 0.6 is 0 Å². The van der Waals surface area contributed by atoms with Crippen LogP contribution in [0.5, 0.6) is 0 Å². The molecule has 0 spiro atoms. The molecule has 23 heavy (non-hydrogen) atoms. The molecular weight excluding hydrogens is 300 g/mol. The molecule has 0 saturated carbocycles. The molecule has 0 aliphatic heterocycles. The predicted molar refractivity (Wildman–Crippen MR) is 85.2 cm³/mol. The zero-order chi connectivity index (χ0) is 17.3. The molecule has 0 aliphatic rings. The van der Waals surface area contributed by atoms with Gasteiger partial charge in [0.15, 0.2) is 0 Å². The van der Waals surface area contributed by atoms with Crippen molar-refractivity contribution in [3.8, 4) is 11.1 Å². The zero-order valence-electron chi connectivity index (χ0n) is 13.3. The Balaban J connectivity index is 2.62. The molecule has 1 unspecified atom stereocenters. The van der Waals surface area contributed by atoms with Crippen molar-refractivity contribution in [3.63, 3.8) is 0 Å². The van der Waals surface area contributed by atoms with Gasteiger partial charge in [-0.15, -0.1) is 0 Å². The van der Waals surface area contributed by atoms with Gasteiger partial charge in [-0.05, 0) is 72.9 Å². The van der Waals surface area contributed by atoms with E-state index in [1.165, 1.54) is 12.1 Å². The second kappa shape index (κ2) is 6.46. The standard InChI is InChI=1S/C18H19F2NO2/c1-9-5-13(19)6-10(2)17(9)12-4-11(3)18(20)14(7-12)15(21)8-16(22)23/h4-7,15H,8,21H2,1-3H3,(H,22,23). The lowest BCUT2D eigenvalue weighted by molar-refractivity contribution is -0.137. The van der Waals surface area contributed by atoms with Gasteiger partial charge in [0, 0.05) is 11.6 Å². The quantitative estimate of drug-likeness (QED) is 0.894. The van der Waals surface area contributed by atoms with Crippen molar-refractivity contribution in [3.05, 3.63) is 58.2 Å². The number of halogens is 2. The number of nitrogens with two attached hydrogens (primary N) is 1. The average Bonchev–Trinajstić information content (AvgIpc) is 2.40. The summed E-state index contributed by atoms with van der Waals surface area (Å²) in [4.78, 5) is 10.8. The molecule has 3 N–H and O–H groups in total. The van der Waals surface area contributed by atoms with Gasteiger partial charge in [0.2, 0.25) is 0 Å². The highest BCUT2D eigenvalue weighted by molar-refractivity contribution is 5.73. The second-order valence-corrected chi connectivity index (χ2v) is 5.82. The Kier molecular flexibility index (Phi) is 4.80. The number of carbonyl (C=O) groups is 1. The van der Waals surface area contributed by atoms with Gasteiger partial charge in [-0.1, -0.05) is 0 Å². The molecule has 3 nitrogen and oxygen atoms in total. The Bertz CT molecular complexity index is 749. The number of carboxylic acid groups (broad SMARTS) is 1. The summed E-state index contributed by atoms with van der Waals surface area (Å²) in [6, 6.07) is 5.12. The molecule has 0 saturated heterocycles.